The third kappa shape index (κ3) is 19.4. The van der Waals surface area contributed by atoms with Crippen LogP contribution in [-0.2, 0) is 14.3 Å². The molecule has 0 bridgehead atoms. The van der Waals surface area contributed by atoms with Crippen LogP contribution in [0.25, 0.3) is 0 Å². The van der Waals surface area contributed by atoms with Gasteiger partial charge in [0, 0.05) is 6.92 Å². The van der Waals surface area contributed by atoms with Crippen LogP contribution >= 0.6 is 0 Å². The maximum absolute atomic E-state index is 10.2. The van der Waals surface area contributed by atoms with E-state index in [4.69, 9.17) is 9.84 Å². The quantitative estimate of drug-likeness (QED) is 0.735. The molecule has 0 saturated heterocycles. The van der Waals surface area contributed by atoms with Crippen LogP contribution in [0.15, 0.2) is 0 Å². The van der Waals surface area contributed by atoms with Crippen molar-refractivity contribution in [3.05, 3.63) is 0 Å². The molecule has 0 atom stereocenters. The number of rotatable bonds is 4. The first-order valence-electron chi connectivity index (χ1n) is 5.13. The third-order valence-corrected chi connectivity index (χ3v) is 1.49. The Morgan fingerprint density at radius 3 is 1.80 bits per heavy atom. The molecule has 0 aromatic heterocycles. The van der Waals surface area contributed by atoms with Crippen molar-refractivity contribution in [2.75, 3.05) is 6.61 Å². The lowest BCUT2D eigenvalue weighted by atomic mass is 10.1. The molecule has 0 aliphatic rings. The van der Waals surface area contributed by atoms with E-state index in [1.54, 1.807) is 13.8 Å². The van der Waals surface area contributed by atoms with E-state index in [9.17, 15) is 9.59 Å². The Morgan fingerprint density at radius 2 is 1.60 bits per heavy atom. The summed E-state index contributed by atoms with van der Waals surface area (Å²) in [5.41, 5.74) is 0. The van der Waals surface area contributed by atoms with Crippen molar-refractivity contribution < 1.29 is 19.4 Å². The van der Waals surface area contributed by atoms with Gasteiger partial charge in [0.25, 0.3) is 0 Å². The number of carboxylic acid groups (broad SMARTS) is 1. The topological polar surface area (TPSA) is 63.6 Å². The molecule has 90 valence electrons. The van der Waals surface area contributed by atoms with Gasteiger partial charge in [0.15, 0.2) is 0 Å². The summed E-state index contributed by atoms with van der Waals surface area (Å²) in [4.78, 5) is 19.9. The van der Waals surface area contributed by atoms with Crippen LogP contribution in [0, 0.1) is 11.8 Å². The van der Waals surface area contributed by atoms with Crippen molar-refractivity contribution in [1.82, 2.24) is 0 Å². The van der Waals surface area contributed by atoms with Crippen LogP contribution in [0.2, 0.25) is 0 Å². The molecule has 0 aliphatic heterocycles. The minimum Gasteiger partial charge on any atom is -0.481 e. The monoisotopic (exact) mass is 218 g/mol. The lowest BCUT2D eigenvalue weighted by Crippen LogP contribution is -2.03. The molecule has 0 unspecified atom stereocenters. The second-order valence-corrected chi connectivity index (χ2v) is 4.02. The molecule has 15 heavy (non-hydrogen) atoms. The van der Waals surface area contributed by atoms with Crippen molar-refractivity contribution in [2.45, 2.75) is 41.0 Å². The molecular weight excluding hydrogens is 196 g/mol. The summed E-state index contributed by atoms with van der Waals surface area (Å²) in [6, 6.07) is 0. The zero-order chi connectivity index (χ0) is 12.4. The van der Waals surface area contributed by atoms with E-state index in [1.165, 1.54) is 6.92 Å². The van der Waals surface area contributed by atoms with Gasteiger partial charge in [0.1, 0.15) is 0 Å². The van der Waals surface area contributed by atoms with Crippen molar-refractivity contribution in [1.29, 1.82) is 0 Å². The molecule has 0 aromatic rings. The van der Waals surface area contributed by atoms with E-state index >= 15 is 0 Å². The summed E-state index contributed by atoms with van der Waals surface area (Å²) in [6.07, 6.45) is 0.958. The number of aliphatic carboxylic acids is 1. The van der Waals surface area contributed by atoms with Crippen LogP contribution in [-0.4, -0.2) is 23.7 Å². The number of hydrogen-bond donors (Lipinski definition) is 1. The third-order valence-electron chi connectivity index (χ3n) is 1.49. The average Bonchev–Trinajstić information content (AvgIpc) is 2.03. The molecule has 0 rings (SSSR count). The van der Waals surface area contributed by atoms with E-state index in [2.05, 4.69) is 13.8 Å². The Morgan fingerprint density at radius 1 is 1.20 bits per heavy atom. The number of hydrogen-bond acceptors (Lipinski definition) is 3. The minimum absolute atomic E-state index is 0.185. The number of ether oxygens (including phenoxy) is 1. The Kier molecular flexibility index (Phi) is 10.4. The Balaban J connectivity index is 0. The normalized spacial score (nSPS) is 9.53. The SMILES string of the molecule is CC(=O)OCCC(C)C.CC(C)C(=O)O. The zero-order valence-corrected chi connectivity index (χ0v) is 10.2. The smallest absolute Gasteiger partial charge is 0.305 e. The van der Waals surface area contributed by atoms with Gasteiger partial charge in [-0.15, -0.1) is 0 Å². The van der Waals surface area contributed by atoms with Crippen LogP contribution < -0.4 is 0 Å². The number of carbonyl (C=O) groups is 2. The van der Waals surface area contributed by atoms with E-state index in [1.807, 2.05) is 0 Å². The molecule has 0 spiro atoms. The highest BCUT2D eigenvalue weighted by Gasteiger charge is 1.99. The van der Waals surface area contributed by atoms with Gasteiger partial charge in [-0.1, -0.05) is 27.7 Å². The summed E-state index contributed by atoms with van der Waals surface area (Å²) in [7, 11) is 0. The van der Waals surface area contributed by atoms with Crippen molar-refractivity contribution in [2.24, 2.45) is 11.8 Å². The number of esters is 1. The van der Waals surface area contributed by atoms with Gasteiger partial charge in [0.2, 0.25) is 0 Å². The average molecular weight is 218 g/mol. The summed E-state index contributed by atoms with van der Waals surface area (Å²) in [6.45, 7) is 9.48. The minimum atomic E-state index is -0.741. The fourth-order valence-electron chi connectivity index (χ4n) is 0.438. The van der Waals surface area contributed by atoms with Gasteiger partial charge in [-0.3, -0.25) is 9.59 Å². The Hall–Kier alpha value is -1.06. The van der Waals surface area contributed by atoms with Gasteiger partial charge >= 0.3 is 11.9 Å². The summed E-state index contributed by atoms with van der Waals surface area (Å²) in [5, 5.41) is 7.99. The number of carboxylic acids is 1. The standard InChI is InChI=1S/C7H14O2.C4H8O2/c1-6(2)4-5-9-7(3)8;1-3(2)4(5)6/h6H,4-5H2,1-3H3;3H,1-2H3,(H,5,6). The fourth-order valence-corrected chi connectivity index (χ4v) is 0.438. The second-order valence-electron chi connectivity index (χ2n) is 4.02. The van der Waals surface area contributed by atoms with E-state index < -0.39 is 5.97 Å². The predicted octanol–water partition coefficient (Wildman–Crippen LogP) is 2.32. The summed E-state index contributed by atoms with van der Waals surface area (Å²) < 4.78 is 4.71. The van der Waals surface area contributed by atoms with Crippen molar-refractivity contribution in [3.63, 3.8) is 0 Å². The summed E-state index contributed by atoms with van der Waals surface area (Å²) in [5.74, 6) is -0.542. The molecule has 4 nitrogen and oxygen atoms in total. The van der Waals surface area contributed by atoms with E-state index in [0.717, 1.165) is 6.42 Å². The molecule has 0 aliphatic carbocycles. The van der Waals surface area contributed by atoms with Gasteiger partial charge < -0.3 is 9.84 Å². The molecule has 0 amide bonds. The van der Waals surface area contributed by atoms with Gasteiger partial charge in [-0.2, -0.15) is 0 Å². The molecule has 0 saturated carbocycles. The maximum atomic E-state index is 10.2. The van der Waals surface area contributed by atoms with Crippen LogP contribution in [0.3, 0.4) is 0 Å². The lowest BCUT2D eigenvalue weighted by molar-refractivity contribution is -0.141. The second kappa shape index (κ2) is 9.49. The first kappa shape index (κ1) is 16.4. The molecular formula is C11H22O4. The lowest BCUT2D eigenvalue weighted by Gasteiger charge is -2.02. The first-order chi connectivity index (χ1) is 6.77. The molecule has 0 fully saturated rings. The predicted molar refractivity (Wildman–Crippen MR) is 58.6 cm³/mol. The highest BCUT2D eigenvalue weighted by Crippen LogP contribution is 1.98. The highest BCUT2D eigenvalue weighted by atomic mass is 16.5. The fraction of sp³-hybridized carbons (Fsp3) is 0.818. The van der Waals surface area contributed by atoms with Crippen molar-refractivity contribution >= 4 is 11.9 Å². The molecule has 0 radical (unpaired) electrons. The van der Waals surface area contributed by atoms with Gasteiger partial charge in [-0.05, 0) is 12.3 Å². The largest absolute Gasteiger partial charge is 0.481 e. The van der Waals surface area contributed by atoms with Crippen LogP contribution in [0.4, 0.5) is 0 Å². The molecule has 1 N–H and O–H groups in total. The number of carbonyl (C=O) groups excluding carboxylic acids is 1. The molecule has 0 aromatic carbocycles. The molecule has 4 heteroatoms. The van der Waals surface area contributed by atoms with Crippen molar-refractivity contribution in [3.8, 4) is 0 Å². The highest BCUT2D eigenvalue weighted by molar-refractivity contribution is 5.68. The Bertz CT molecular complexity index is 185. The van der Waals surface area contributed by atoms with Gasteiger partial charge in [-0.25, -0.2) is 0 Å². The van der Waals surface area contributed by atoms with E-state index in [-0.39, 0.29) is 11.9 Å². The van der Waals surface area contributed by atoms with Crippen LogP contribution in [0.5, 0.6) is 0 Å². The molecule has 0 heterocycles. The zero-order valence-electron chi connectivity index (χ0n) is 10.2. The summed E-state index contributed by atoms with van der Waals surface area (Å²) >= 11 is 0. The Labute approximate surface area is 91.6 Å². The van der Waals surface area contributed by atoms with E-state index in [0.29, 0.717) is 12.5 Å². The van der Waals surface area contributed by atoms with Crippen LogP contribution in [0.1, 0.15) is 41.0 Å². The first-order valence-corrected chi connectivity index (χ1v) is 5.13. The maximum Gasteiger partial charge on any atom is 0.305 e. The van der Waals surface area contributed by atoms with Gasteiger partial charge in [0.05, 0.1) is 12.5 Å².